The Balaban J connectivity index is 1.14. The maximum atomic E-state index is 2.69. The van der Waals surface area contributed by atoms with Crippen LogP contribution in [0, 0.1) is 5.41 Å². The lowest BCUT2D eigenvalue weighted by Gasteiger charge is -2.55. The zero-order valence-corrected chi connectivity index (χ0v) is 27.8. The molecule has 0 saturated heterocycles. The lowest BCUT2D eigenvalue weighted by molar-refractivity contribution is 0.101. The number of hydrogen-bond acceptors (Lipinski definition) is 1. The van der Waals surface area contributed by atoms with Crippen LogP contribution in [-0.4, -0.2) is 5.54 Å². The predicted octanol–water partition coefficient (Wildman–Crippen LogP) is 13.4. The van der Waals surface area contributed by atoms with E-state index < -0.39 is 0 Å². The molecule has 1 fully saturated rings. The van der Waals surface area contributed by atoms with Crippen LogP contribution in [0.3, 0.4) is 0 Å². The van der Waals surface area contributed by atoms with E-state index in [0.29, 0.717) is 5.92 Å². The van der Waals surface area contributed by atoms with Gasteiger partial charge in [0.05, 0.1) is 5.54 Å². The van der Waals surface area contributed by atoms with E-state index in [0.717, 1.165) is 0 Å². The monoisotopic (exact) mass is 615 g/mol. The van der Waals surface area contributed by atoms with Gasteiger partial charge in [0.2, 0.25) is 0 Å². The molecule has 1 aliphatic heterocycles. The molecular weight excluding hydrogens is 579 g/mol. The quantitative estimate of drug-likeness (QED) is 0.187. The van der Waals surface area contributed by atoms with Crippen LogP contribution in [0.1, 0.15) is 51.5 Å². The van der Waals surface area contributed by atoms with Gasteiger partial charge in [0, 0.05) is 17.3 Å². The van der Waals surface area contributed by atoms with Crippen molar-refractivity contribution < 1.29 is 0 Å². The van der Waals surface area contributed by atoms with Crippen molar-refractivity contribution in [1.82, 2.24) is 0 Å². The molecule has 9 aromatic carbocycles. The van der Waals surface area contributed by atoms with Crippen LogP contribution in [0.2, 0.25) is 0 Å². The van der Waals surface area contributed by atoms with E-state index >= 15 is 0 Å². The Hall–Kier alpha value is -5.14. The fourth-order valence-electron chi connectivity index (χ4n) is 10.5. The van der Waals surface area contributed by atoms with Crippen molar-refractivity contribution >= 4 is 76.0 Å². The first kappa shape index (κ1) is 26.9. The fourth-order valence-corrected chi connectivity index (χ4v) is 10.5. The minimum Gasteiger partial charge on any atom is -0.334 e. The van der Waals surface area contributed by atoms with E-state index in [1.807, 2.05) is 0 Å². The summed E-state index contributed by atoms with van der Waals surface area (Å²) in [5.74, 6) is 0.493. The molecule has 48 heavy (non-hydrogen) atoms. The lowest BCUT2D eigenvalue weighted by atomic mass is 9.58. The Morgan fingerprint density at radius 2 is 1.17 bits per heavy atom. The lowest BCUT2D eigenvalue weighted by Crippen LogP contribution is -2.56. The highest BCUT2D eigenvalue weighted by Gasteiger charge is 2.58. The number of hydrogen-bond donors (Lipinski definition) is 0. The van der Waals surface area contributed by atoms with Crippen LogP contribution >= 0.6 is 0 Å². The van der Waals surface area contributed by atoms with Crippen molar-refractivity contribution in [3.63, 3.8) is 0 Å². The maximum absolute atomic E-state index is 2.69. The Bertz CT molecular complexity index is 2670. The highest BCUT2D eigenvalue weighted by atomic mass is 15.3. The summed E-state index contributed by atoms with van der Waals surface area (Å²) in [6, 6.07) is 48.7. The molecule has 9 aromatic rings. The van der Waals surface area contributed by atoms with Gasteiger partial charge in [-0.05, 0) is 143 Å². The second kappa shape index (κ2) is 9.05. The zero-order chi connectivity index (χ0) is 31.9. The molecule has 230 valence electrons. The molecule has 2 unspecified atom stereocenters. The number of benzene rings is 7. The fraction of sp³-hybridized carbons (Fsp3) is 0.191. The summed E-state index contributed by atoms with van der Waals surface area (Å²) < 4.78 is 0. The first-order valence-corrected chi connectivity index (χ1v) is 17.7. The van der Waals surface area contributed by atoms with Gasteiger partial charge in [-0.2, -0.15) is 0 Å². The van der Waals surface area contributed by atoms with E-state index in [1.54, 1.807) is 0 Å². The molecule has 2 atom stereocenters. The molecule has 11 rings (SSSR count). The van der Waals surface area contributed by atoms with Crippen LogP contribution in [0.25, 0.3) is 75.8 Å². The third-order valence-corrected chi connectivity index (χ3v) is 13.0. The highest BCUT2D eigenvalue weighted by Crippen LogP contribution is 2.63. The molecule has 1 saturated carbocycles. The van der Waals surface area contributed by atoms with E-state index in [9.17, 15) is 0 Å². The van der Waals surface area contributed by atoms with Crippen molar-refractivity contribution in [1.29, 1.82) is 0 Å². The van der Waals surface area contributed by atoms with Crippen LogP contribution in [0.15, 0.2) is 127 Å². The first-order chi connectivity index (χ1) is 23.4. The van der Waals surface area contributed by atoms with Crippen molar-refractivity contribution in [3.8, 4) is 11.1 Å². The predicted molar refractivity (Wildman–Crippen MR) is 207 cm³/mol. The average Bonchev–Trinajstić information content (AvgIpc) is 3.70. The van der Waals surface area contributed by atoms with Gasteiger partial charge in [0.1, 0.15) is 0 Å². The second-order valence-electron chi connectivity index (χ2n) is 15.5. The normalized spacial score (nSPS) is 20.6. The standard InChI is InChI=1S/C47H37N/c1-46(2)24-10-19-42-41-25-29(20-23-43(41)48(47(42,46)3)30-13-5-4-6-14-30)31-21-22-36-40-27-38-34-16-8-12-28-11-7-15-33(44(28)34)37(38)26-39(40)35-18-9-17-32(31)45(35)36/h4-9,11-18,20-23,25-27,42H,10,19,24H2,1-3H3. The van der Waals surface area contributed by atoms with Crippen LogP contribution in [0.4, 0.5) is 11.4 Å². The summed E-state index contributed by atoms with van der Waals surface area (Å²) in [5.41, 5.74) is 7.07. The maximum Gasteiger partial charge on any atom is 0.0543 e. The number of para-hydroxylation sites is 1. The first-order valence-electron chi connectivity index (χ1n) is 17.7. The van der Waals surface area contributed by atoms with Crippen LogP contribution in [-0.2, 0) is 0 Å². The molecule has 1 heteroatoms. The largest absolute Gasteiger partial charge is 0.334 e. The van der Waals surface area contributed by atoms with Gasteiger partial charge in [-0.1, -0.05) is 111 Å². The van der Waals surface area contributed by atoms with Crippen molar-refractivity contribution in [2.24, 2.45) is 5.41 Å². The molecule has 0 spiro atoms. The zero-order valence-electron chi connectivity index (χ0n) is 27.8. The molecule has 2 aliphatic rings. The second-order valence-corrected chi connectivity index (χ2v) is 15.5. The van der Waals surface area contributed by atoms with Gasteiger partial charge in [-0.15, -0.1) is 0 Å². The Kier molecular flexibility index (Phi) is 5.07. The van der Waals surface area contributed by atoms with Gasteiger partial charge in [-0.3, -0.25) is 0 Å². The summed E-state index contributed by atoms with van der Waals surface area (Å²) in [6.07, 6.45) is 3.77. The van der Waals surface area contributed by atoms with Crippen molar-refractivity contribution in [2.75, 3.05) is 4.90 Å². The Morgan fingerprint density at radius 3 is 1.88 bits per heavy atom. The summed E-state index contributed by atoms with van der Waals surface area (Å²) in [7, 11) is 0. The van der Waals surface area contributed by atoms with E-state index in [-0.39, 0.29) is 11.0 Å². The minimum absolute atomic E-state index is 0.0144. The summed E-state index contributed by atoms with van der Waals surface area (Å²) in [6.45, 7) is 7.53. The molecular formula is C47H37N. The summed E-state index contributed by atoms with van der Waals surface area (Å²) >= 11 is 0. The molecule has 1 nitrogen and oxygen atoms in total. The third-order valence-electron chi connectivity index (χ3n) is 13.0. The number of anilines is 2. The topological polar surface area (TPSA) is 3.24 Å². The number of fused-ring (bicyclic) bond motifs is 9. The van der Waals surface area contributed by atoms with Gasteiger partial charge >= 0.3 is 0 Å². The minimum atomic E-state index is 0.0144. The third kappa shape index (κ3) is 3.18. The summed E-state index contributed by atoms with van der Waals surface area (Å²) in [4.78, 5) is 2.69. The highest BCUT2D eigenvalue weighted by molar-refractivity contribution is 6.38. The van der Waals surface area contributed by atoms with Crippen LogP contribution < -0.4 is 4.90 Å². The van der Waals surface area contributed by atoms with Crippen LogP contribution in [0.5, 0.6) is 0 Å². The molecule has 0 bridgehead atoms. The molecule has 0 amide bonds. The number of rotatable bonds is 2. The van der Waals surface area contributed by atoms with E-state index in [4.69, 9.17) is 0 Å². The average molecular weight is 616 g/mol. The van der Waals surface area contributed by atoms with E-state index in [1.165, 1.54) is 112 Å². The van der Waals surface area contributed by atoms with E-state index in [2.05, 4.69) is 153 Å². The van der Waals surface area contributed by atoms with Gasteiger partial charge in [0.25, 0.3) is 0 Å². The molecule has 1 aliphatic carbocycles. The van der Waals surface area contributed by atoms with Gasteiger partial charge in [-0.25, -0.2) is 0 Å². The van der Waals surface area contributed by atoms with Crippen molar-refractivity contribution in [3.05, 3.63) is 133 Å². The Labute approximate surface area is 281 Å². The Morgan fingerprint density at radius 1 is 0.542 bits per heavy atom. The molecule has 0 N–H and O–H groups in total. The number of nitrogens with zero attached hydrogens (tertiary/aromatic N) is 1. The van der Waals surface area contributed by atoms with Crippen molar-refractivity contribution in [2.45, 2.75) is 51.5 Å². The molecule has 0 aromatic heterocycles. The molecule has 1 heterocycles. The molecule has 0 radical (unpaired) electrons. The van der Waals surface area contributed by atoms with Gasteiger partial charge < -0.3 is 4.90 Å². The summed E-state index contributed by atoms with van der Waals surface area (Å²) in [5, 5.41) is 16.4. The van der Waals surface area contributed by atoms with Gasteiger partial charge in [0.15, 0.2) is 0 Å². The smallest absolute Gasteiger partial charge is 0.0543 e. The SMILES string of the molecule is CC1(C)CCCC2c3cc(-c4ccc5c6cc7c(cc6c6cccc4c65)c4cccc5cccc7c54)ccc3N(c3ccccc3)C21C.